The number of nitrogens with zero attached hydrogens (tertiary/aromatic N) is 4. The number of imide groups is 1. The van der Waals surface area contributed by atoms with Crippen LogP contribution >= 0.6 is 0 Å². The van der Waals surface area contributed by atoms with Crippen molar-refractivity contribution in [1.82, 2.24) is 20.2 Å². The Labute approximate surface area is 179 Å². The van der Waals surface area contributed by atoms with Gasteiger partial charge in [-0.3, -0.25) is 19.3 Å². The lowest BCUT2D eigenvalue weighted by Gasteiger charge is -2.28. The number of fused-ring (bicyclic) bond motifs is 1. The van der Waals surface area contributed by atoms with Gasteiger partial charge in [0, 0.05) is 32.2 Å². The SMILES string of the molecule is Cc1nc(NCCNC(=O)CN2C(=O)c3ccccc3C2=O)cc(N2CCOCC2)n1. The molecule has 2 aromatic rings. The number of aromatic nitrogens is 2. The molecular weight excluding hydrogens is 400 g/mol. The van der Waals surface area contributed by atoms with Crippen LogP contribution in [0.5, 0.6) is 0 Å². The molecule has 2 aliphatic rings. The van der Waals surface area contributed by atoms with E-state index in [-0.39, 0.29) is 6.54 Å². The van der Waals surface area contributed by atoms with Gasteiger partial charge < -0.3 is 20.3 Å². The monoisotopic (exact) mass is 424 g/mol. The molecule has 0 spiro atoms. The van der Waals surface area contributed by atoms with Crippen molar-refractivity contribution in [3.63, 3.8) is 0 Å². The predicted octanol–water partition coefficient (Wildman–Crippen LogP) is 0.446. The number of rotatable bonds is 7. The van der Waals surface area contributed by atoms with E-state index in [1.165, 1.54) is 0 Å². The van der Waals surface area contributed by atoms with Crippen molar-refractivity contribution < 1.29 is 19.1 Å². The fourth-order valence-electron chi connectivity index (χ4n) is 3.57. The largest absolute Gasteiger partial charge is 0.378 e. The first-order chi connectivity index (χ1) is 15.0. The average Bonchev–Trinajstić information content (AvgIpc) is 3.02. The van der Waals surface area contributed by atoms with Crippen LogP contribution in [0.3, 0.4) is 0 Å². The van der Waals surface area contributed by atoms with E-state index in [1.54, 1.807) is 24.3 Å². The van der Waals surface area contributed by atoms with Crippen molar-refractivity contribution in [2.45, 2.75) is 6.92 Å². The van der Waals surface area contributed by atoms with Crippen LogP contribution in [0.25, 0.3) is 0 Å². The highest BCUT2D eigenvalue weighted by Crippen LogP contribution is 2.22. The molecule has 0 bridgehead atoms. The van der Waals surface area contributed by atoms with Gasteiger partial charge in [-0.1, -0.05) is 12.1 Å². The molecule has 0 radical (unpaired) electrons. The molecule has 1 aromatic heterocycles. The van der Waals surface area contributed by atoms with Crippen molar-refractivity contribution in [2.75, 3.05) is 56.2 Å². The van der Waals surface area contributed by atoms with Gasteiger partial charge in [-0.25, -0.2) is 9.97 Å². The van der Waals surface area contributed by atoms with Crippen LogP contribution in [0.4, 0.5) is 11.6 Å². The molecular formula is C21H24N6O4. The smallest absolute Gasteiger partial charge is 0.262 e. The highest BCUT2D eigenvalue weighted by molar-refractivity contribution is 6.22. The molecule has 1 saturated heterocycles. The molecule has 162 valence electrons. The molecule has 1 aromatic carbocycles. The van der Waals surface area contributed by atoms with Crippen molar-refractivity contribution in [3.05, 3.63) is 47.3 Å². The number of morpholine rings is 1. The summed E-state index contributed by atoms with van der Waals surface area (Å²) in [6.45, 7) is 5.19. The van der Waals surface area contributed by atoms with Crippen LogP contribution < -0.4 is 15.5 Å². The van der Waals surface area contributed by atoms with Crippen molar-refractivity contribution >= 4 is 29.4 Å². The molecule has 1 fully saturated rings. The van der Waals surface area contributed by atoms with E-state index < -0.39 is 17.7 Å². The third-order valence-electron chi connectivity index (χ3n) is 5.09. The van der Waals surface area contributed by atoms with Crippen molar-refractivity contribution in [2.24, 2.45) is 0 Å². The standard InChI is InChI=1S/C21H24N6O4/c1-14-24-17(12-18(25-14)26-8-10-31-11-9-26)22-6-7-23-19(28)13-27-20(29)15-4-2-3-5-16(15)21(27)30/h2-5,12H,6-11,13H2,1H3,(H,23,28)(H,22,24,25). The molecule has 2 N–H and O–H groups in total. The molecule has 4 rings (SSSR count). The van der Waals surface area contributed by atoms with E-state index >= 15 is 0 Å². The van der Waals surface area contributed by atoms with E-state index in [2.05, 4.69) is 25.5 Å². The number of nitrogens with one attached hydrogen (secondary N) is 2. The third kappa shape index (κ3) is 4.64. The lowest BCUT2D eigenvalue weighted by molar-refractivity contribution is -0.121. The number of anilines is 2. The van der Waals surface area contributed by atoms with Gasteiger partial charge >= 0.3 is 0 Å². The summed E-state index contributed by atoms with van der Waals surface area (Å²) in [6, 6.07) is 8.44. The van der Waals surface area contributed by atoms with Crippen LogP contribution in [0.1, 0.15) is 26.5 Å². The number of hydrogen-bond donors (Lipinski definition) is 2. The molecule has 3 heterocycles. The first-order valence-corrected chi connectivity index (χ1v) is 10.2. The van der Waals surface area contributed by atoms with Crippen molar-refractivity contribution in [1.29, 1.82) is 0 Å². The first-order valence-electron chi connectivity index (χ1n) is 10.2. The number of amides is 3. The fraction of sp³-hybridized carbons (Fsp3) is 0.381. The Morgan fingerprint density at radius 1 is 1.06 bits per heavy atom. The van der Waals surface area contributed by atoms with Gasteiger partial charge in [-0.2, -0.15) is 0 Å². The minimum Gasteiger partial charge on any atom is -0.378 e. The summed E-state index contributed by atoms with van der Waals surface area (Å²) < 4.78 is 5.38. The zero-order valence-electron chi connectivity index (χ0n) is 17.3. The Bertz CT molecular complexity index is 970. The van der Waals surface area contributed by atoms with E-state index in [0.717, 1.165) is 23.8 Å². The minimum absolute atomic E-state index is 0.305. The lowest BCUT2D eigenvalue weighted by atomic mass is 10.1. The molecule has 0 saturated carbocycles. The van der Waals surface area contributed by atoms with Crippen LogP contribution in [-0.4, -0.2) is 78.5 Å². The normalized spacial score (nSPS) is 15.8. The second-order valence-corrected chi connectivity index (χ2v) is 7.28. The minimum atomic E-state index is -0.444. The summed E-state index contributed by atoms with van der Waals surface area (Å²) in [4.78, 5) is 48.9. The Hall–Kier alpha value is -3.53. The Morgan fingerprint density at radius 3 is 2.42 bits per heavy atom. The molecule has 2 aliphatic heterocycles. The first kappa shape index (κ1) is 20.7. The van der Waals surface area contributed by atoms with E-state index in [1.807, 2.05) is 13.0 Å². The molecule has 3 amide bonds. The maximum atomic E-state index is 12.3. The second-order valence-electron chi connectivity index (χ2n) is 7.28. The fourth-order valence-corrected chi connectivity index (χ4v) is 3.57. The zero-order chi connectivity index (χ0) is 21.8. The second kappa shape index (κ2) is 9.09. The van der Waals surface area contributed by atoms with E-state index in [4.69, 9.17) is 4.74 Å². The summed E-state index contributed by atoms with van der Waals surface area (Å²) in [7, 11) is 0. The van der Waals surface area contributed by atoms with Crippen LogP contribution in [0.2, 0.25) is 0 Å². The third-order valence-corrected chi connectivity index (χ3v) is 5.09. The molecule has 0 aliphatic carbocycles. The quantitative estimate of drug-likeness (QED) is 0.486. The van der Waals surface area contributed by atoms with Gasteiger partial charge in [-0.05, 0) is 19.1 Å². The van der Waals surface area contributed by atoms with E-state index in [0.29, 0.717) is 49.1 Å². The van der Waals surface area contributed by atoms with Crippen LogP contribution in [0.15, 0.2) is 30.3 Å². The summed E-state index contributed by atoms with van der Waals surface area (Å²) in [5, 5.41) is 5.90. The van der Waals surface area contributed by atoms with Gasteiger partial charge in [0.2, 0.25) is 5.91 Å². The Balaban J connectivity index is 1.26. The summed E-state index contributed by atoms with van der Waals surface area (Å²) in [5.41, 5.74) is 0.661. The highest BCUT2D eigenvalue weighted by atomic mass is 16.5. The topological polar surface area (TPSA) is 117 Å². The van der Waals surface area contributed by atoms with Crippen molar-refractivity contribution in [3.8, 4) is 0 Å². The maximum Gasteiger partial charge on any atom is 0.262 e. The predicted molar refractivity (Wildman–Crippen MR) is 113 cm³/mol. The average molecular weight is 424 g/mol. The molecule has 0 atom stereocenters. The summed E-state index contributed by atoms with van der Waals surface area (Å²) in [6.07, 6.45) is 0. The van der Waals surface area contributed by atoms with Gasteiger partial charge in [0.25, 0.3) is 11.8 Å². The van der Waals surface area contributed by atoms with Gasteiger partial charge in [0.05, 0.1) is 24.3 Å². The van der Waals surface area contributed by atoms with Gasteiger partial charge in [0.15, 0.2) is 0 Å². The Morgan fingerprint density at radius 2 is 1.74 bits per heavy atom. The number of aryl methyl sites for hydroxylation is 1. The van der Waals surface area contributed by atoms with Gasteiger partial charge in [-0.15, -0.1) is 0 Å². The number of ether oxygens (including phenoxy) is 1. The molecule has 0 unspecified atom stereocenters. The summed E-state index contributed by atoms with van der Waals surface area (Å²) in [5.74, 6) is 0.879. The summed E-state index contributed by atoms with van der Waals surface area (Å²) >= 11 is 0. The Kier molecular flexibility index (Phi) is 6.08. The maximum absolute atomic E-state index is 12.3. The highest BCUT2D eigenvalue weighted by Gasteiger charge is 2.36. The van der Waals surface area contributed by atoms with Crippen LogP contribution in [-0.2, 0) is 9.53 Å². The number of carbonyl (C=O) groups is 3. The van der Waals surface area contributed by atoms with Crippen LogP contribution in [0, 0.1) is 6.92 Å². The lowest BCUT2D eigenvalue weighted by Crippen LogP contribution is -2.41. The molecule has 10 heteroatoms. The zero-order valence-corrected chi connectivity index (χ0v) is 17.3. The van der Waals surface area contributed by atoms with Gasteiger partial charge in [0.1, 0.15) is 24.0 Å². The molecule has 10 nitrogen and oxygen atoms in total. The number of hydrogen-bond acceptors (Lipinski definition) is 8. The number of benzene rings is 1. The number of carbonyl (C=O) groups excluding carboxylic acids is 3. The van der Waals surface area contributed by atoms with E-state index in [9.17, 15) is 14.4 Å². The molecule has 31 heavy (non-hydrogen) atoms.